The van der Waals surface area contributed by atoms with E-state index in [9.17, 15) is 34.2 Å². The van der Waals surface area contributed by atoms with Crippen molar-refractivity contribution in [1.29, 1.82) is 0 Å². The minimum Gasteiger partial charge on any atom is -0.462 e. The van der Waals surface area contributed by atoms with Gasteiger partial charge in [-0.05, 0) is 49.6 Å². The van der Waals surface area contributed by atoms with Crippen LogP contribution >= 0.6 is 0 Å². The van der Waals surface area contributed by atoms with Gasteiger partial charge in [0.15, 0.2) is 12.2 Å². The first-order chi connectivity index (χ1) is 21.8. The van der Waals surface area contributed by atoms with E-state index in [2.05, 4.69) is 6.58 Å². The second kappa shape index (κ2) is 12.9. The Morgan fingerprint density at radius 2 is 1.38 bits per heavy atom. The van der Waals surface area contributed by atoms with Gasteiger partial charge in [0.05, 0.1) is 28.1 Å². The smallest absolute Gasteiger partial charge is 0.338 e. The van der Waals surface area contributed by atoms with Crippen molar-refractivity contribution >= 4 is 29.8 Å². The van der Waals surface area contributed by atoms with Crippen molar-refractivity contribution in [3.8, 4) is 0 Å². The zero-order valence-corrected chi connectivity index (χ0v) is 28.0. The van der Waals surface area contributed by atoms with Gasteiger partial charge in [-0.3, -0.25) is 19.2 Å². The van der Waals surface area contributed by atoms with Crippen molar-refractivity contribution in [3.63, 3.8) is 0 Å². The highest BCUT2D eigenvalue weighted by Crippen LogP contribution is 2.66. The molecule has 1 aromatic rings. The Labute approximate surface area is 274 Å². The third-order valence-electron chi connectivity index (χ3n) is 10.0. The molecular formula is C35H44O12. The Hall–Kier alpha value is -4.03. The minimum absolute atomic E-state index is 0.143. The quantitative estimate of drug-likeness (QED) is 0.249. The second-order valence-corrected chi connectivity index (χ2v) is 13.4. The molecular weight excluding hydrogens is 612 g/mol. The van der Waals surface area contributed by atoms with E-state index in [1.54, 1.807) is 32.0 Å². The van der Waals surface area contributed by atoms with Crippen LogP contribution in [0.3, 0.4) is 0 Å². The summed E-state index contributed by atoms with van der Waals surface area (Å²) in [5, 5.41) is 23.6. The number of aliphatic hydroxyl groups is 2. The third kappa shape index (κ3) is 6.20. The van der Waals surface area contributed by atoms with Gasteiger partial charge in [-0.15, -0.1) is 0 Å². The van der Waals surface area contributed by atoms with Gasteiger partial charge in [0.25, 0.3) is 0 Å². The largest absolute Gasteiger partial charge is 0.462 e. The Bertz CT molecular complexity index is 1490. The molecule has 256 valence electrons. The normalized spacial score (nSPS) is 33.5. The lowest BCUT2D eigenvalue weighted by atomic mass is 9.54. The molecule has 47 heavy (non-hydrogen) atoms. The Morgan fingerprint density at radius 3 is 1.89 bits per heavy atom. The molecule has 0 spiro atoms. The zero-order chi connectivity index (χ0) is 35.2. The molecule has 2 fully saturated rings. The first-order valence-electron chi connectivity index (χ1n) is 15.5. The zero-order valence-electron chi connectivity index (χ0n) is 28.0. The van der Waals surface area contributed by atoms with Crippen LogP contribution in [0.15, 0.2) is 53.6 Å². The van der Waals surface area contributed by atoms with Crippen LogP contribution in [0.2, 0.25) is 0 Å². The number of hydrogen-bond donors (Lipinski definition) is 2. The lowest BCUT2D eigenvalue weighted by Gasteiger charge is -2.55. The Morgan fingerprint density at radius 1 is 0.851 bits per heavy atom. The van der Waals surface area contributed by atoms with E-state index in [0.29, 0.717) is 5.57 Å². The monoisotopic (exact) mass is 656 g/mol. The van der Waals surface area contributed by atoms with Crippen LogP contribution in [0.4, 0.5) is 0 Å². The third-order valence-corrected chi connectivity index (χ3v) is 10.0. The topological polar surface area (TPSA) is 172 Å². The van der Waals surface area contributed by atoms with Crippen molar-refractivity contribution in [2.75, 3.05) is 0 Å². The van der Waals surface area contributed by atoms with Gasteiger partial charge in [-0.2, -0.15) is 0 Å². The highest BCUT2D eigenvalue weighted by molar-refractivity contribution is 5.89. The van der Waals surface area contributed by atoms with E-state index < -0.39 is 88.8 Å². The highest BCUT2D eigenvalue weighted by Gasteiger charge is 2.74. The summed E-state index contributed by atoms with van der Waals surface area (Å²) in [6.45, 7) is 15.2. The average molecular weight is 657 g/mol. The summed E-state index contributed by atoms with van der Waals surface area (Å²) in [6, 6.07) is 8.07. The first kappa shape index (κ1) is 35.8. The Kier molecular flexibility index (Phi) is 9.81. The van der Waals surface area contributed by atoms with E-state index in [4.69, 9.17) is 23.7 Å². The van der Waals surface area contributed by atoms with Crippen LogP contribution in [0.25, 0.3) is 0 Å². The molecule has 3 aliphatic rings. The molecule has 0 amide bonds. The molecule has 1 aromatic carbocycles. The summed E-state index contributed by atoms with van der Waals surface area (Å²) in [7, 11) is 0. The predicted molar refractivity (Wildman–Crippen MR) is 165 cm³/mol. The van der Waals surface area contributed by atoms with E-state index >= 15 is 0 Å². The maximum absolute atomic E-state index is 13.9. The molecule has 12 heteroatoms. The predicted octanol–water partition coefficient (Wildman–Crippen LogP) is 3.37. The van der Waals surface area contributed by atoms with Crippen LogP contribution < -0.4 is 0 Å². The fourth-order valence-corrected chi connectivity index (χ4v) is 8.11. The number of aliphatic hydroxyl groups excluding tert-OH is 1. The molecule has 0 aromatic heterocycles. The molecule has 12 nitrogen and oxygen atoms in total. The van der Waals surface area contributed by atoms with Crippen molar-refractivity contribution in [2.45, 2.75) is 110 Å². The molecule has 0 unspecified atom stereocenters. The molecule has 4 rings (SSSR count). The van der Waals surface area contributed by atoms with Crippen molar-refractivity contribution in [1.82, 2.24) is 0 Å². The van der Waals surface area contributed by atoms with Crippen LogP contribution in [0, 0.1) is 16.7 Å². The summed E-state index contributed by atoms with van der Waals surface area (Å²) in [4.78, 5) is 64.8. The molecule has 3 aliphatic carbocycles. The first-order valence-corrected chi connectivity index (χ1v) is 15.5. The fraction of sp³-hybridized carbons (Fsp3) is 0.571. The van der Waals surface area contributed by atoms with Gasteiger partial charge in [0.1, 0.15) is 18.3 Å². The fourth-order valence-electron chi connectivity index (χ4n) is 8.11. The number of benzene rings is 1. The summed E-state index contributed by atoms with van der Waals surface area (Å²) in [5.74, 6) is -4.85. The van der Waals surface area contributed by atoms with Crippen LogP contribution in [-0.2, 0) is 42.9 Å². The molecule has 0 bridgehead atoms. The van der Waals surface area contributed by atoms with Crippen molar-refractivity contribution in [2.24, 2.45) is 16.7 Å². The summed E-state index contributed by atoms with van der Waals surface area (Å²) < 4.78 is 30.1. The number of ether oxygens (including phenoxy) is 5. The number of fused-ring (bicyclic) bond motifs is 2. The molecule has 2 N–H and O–H groups in total. The van der Waals surface area contributed by atoms with E-state index in [1.807, 2.05) is 0 Å². The van der Waals surface area contributed by atoms with Gasteiger partial charge < -0.3 is 33.9 Å². The van der Waals surface area contributed by atoms with Gasteiger partial charge in [-0.1, -0.05) is 31.7 Å². The standard InChI is InChI=1S/C35H44O12/c1-17-24(40)15-26(44-20(4)37)34(9)28(17)30(45-21(5)38)35(33(7,8)42)16-25(43-19(3)36)18(2)27(35)29(31(34)46-22(6)39)47-32(41)23-13-11-10-12-14-23/h10-14,24-26,28-31,40,42H,1,15-16H2,2-9H3/t24-,25+,26+,28+,29-,30-,31+,34+,35+/m1/s1. The van der Waals surface area contributed by atoms with Gasteiger partial charge in [-0.25, -0.2) is 4.79 Å². The lowest BCUT2D eigenvalue weighted by Crippen LogP contribution is -2.64. The number of hydrogen-bond acceptors (Lipinski definition) is 12. The molecule has 0 saturated heterocycles. The second-order valence-electron chi connectivity index (χ2n) is 13.4. The van der Waals surface area contributed by atoms with Crippen LogP contribution in [-0.4, -0.2) is 82.3 Å². The molecule has 9 atom stereocenters. The van der Waals surface area contributed by atoms with Crippen molar-refractivity contribution in [3.05, 3.63) is 59.2 Å². The lowest BCUT2D eigenvalue weighted by molar-refractivity contribution is -0.214. The SMILES string of the molecule is C=C1[C@H](O)C[C@H](OC(C)=O)[C@]2(C)[C@@H](OC(C)=O)[C@H](OC(=O)c3ccccc3)C3=C(C)[C@@H](OC(C)=O)C[C@@]3(C(C)(C)O)[C@H](OC(C)=O)[C@H]12. The van der Waals surface area contributed by atoms with Crippen LogP contribution in [0.5, 0.6) is 0 Å². The van der Waals surface area contributed by atoms with E-state index in [1.165, 1.54) is 46.8 Å². The maximum Gasteiger partial charge on any atom is 0.338 e. The van der Waals surface area contributed by atoms with E-state index in [-0.39, 0.29) is 29.6 Å². The molecule has 0 radical (unpaired) electrons. The van der Waals surface area contributed by atoms with E-state index in [0.717, 1.165) is 6.92 Å². The van der Waals surface area contributed by atoms with Crippen LogP contribution in [0.1, 0.15) is 78.6 Å². The number of esters is 5. The van der Waals surface area contributed by atoms with Gasteiger partial charge in [0.2, 0.25) is 0 Å². The molecule has 2 saturated carbocycles. The maximum atomic E-state index is 13.9. The number of carbonyl (C=O) groups excluding carboxylic acids is 5. The minimum atomic E-state index is -1.82. The highest BCUT2D eigenvalue weighted by atomic mass is 16.6. The summed E-state index contributed by atoms with van der Waals surface area (Å²) in [6.07, 6.45) is -8.13. The number of carbonyl (C=O) groups is 5. The molecule has 0 aliphatic heterocycles. The summed E-state index contributed by atoms with van der Waals surface area (Å²) in [5.41, 5.74) is -4.20. The van der Waals surface area contributed by atoms with Gasteiger partial charge >= 0.3 is 29.8 Å². The Balaban J connectivity index is 2.19. The average Bonchev–Trinajstić information content (AvgIpc) is 3.21. The number of rotatable bonds is 7. The van der Waals surface area contributed by atoms with Gasteiger partial charge in [0, 0.05) is 46.5 Å². The van der Waals surface area contributed by atoms with Crippen molar-refractivity contribution < 1.29 is 57.9 Å². The summed E-state index contributed by atoms with van der Waals surface area (Å²) >= 11 is 0. The molecule has 0 heterocycles.